The molecule has 0 aliphatic rings. The van der Waals surface area contributed by atoms with E-state index in [0.29, 0.717) is 6.54 Å². The quantitative estimate of drug-likeness (QED) is 0.781. The largest absolute Gasteiger partial charge is 0.507 e. The maximum absolute atomic E-state index is 11.9. The average Bonchev–Trinajstić information content (AvgIpc) is 2.38. The molecule has 1 amide bonds. The van der Waals surface area contributed by atoms with Crippen LogP contribution in [0, 0.1) is 0 Å². The SMILES string of the molecule is CCC(N)(CC)CNC(=O)c1cc(Br)ccc1O. The fraction of sp³-hybridized carbons (Fsp3) is 0.462. The van der Waals surface area contributed by atoms with Crippen LogP contribution in [0.2, 0.25) is 0 Å². The van der Waals surface area contributed by atoms with Crippen molar-refractivity contribution >= 4 is 21.8 Å². The van der Waals surface area contributed by atoms with Crippen molar-refractivity contribution in [2.75, 3.05) is 6.54 Å². The third-order valence-corrected chi connectivity index (χ3v) is 3.71. The van der Waals surface area contributed by atoms with Crippen molar-refractivity contribution in [1.29, 1.82) is 0 Å². The summed E-state index contributed by atoms with van der Waals surface area (Å²) in [6.07, 6.45) is 1.57. The summed E-state index contributed by atoms with van der Waals surface area (Å²) in [5, 5.41) is 12.4. The summed E-state index contributed by atoms with van der Waals surface area (Å²) in [7, 11) is 0. The zero-order valence-electron chi connectivity index (χ0n) is 10.7. The van der Waals surface area contributed by atoms with E-state index in [0.717, 1.165) is 17.3 Å². The highest BCUT2D eigenvalue weighted by Crippen LogP contribution is 2.21. The summed E-state index contributed by atoms with van der Waals surface area (Å²) in [6, 6.07) is 4.74. The molecule has 4 N–H and O–H groups in total. The minimum atomic E-state index is -0.392. The molecule has 0 fully saturated rings. The van der Waals surface area contributed by atoms with Gasteiger partial charge in [0.25, 0.3) is 5.91 Å². The fourth-order valence-corrected chi connectivity index (χ4v) is 1.90. The number of hydrogen-bond acceptors (Lipinski definition) is 3. The summed E-state index contributed by atoms with van der Waals surface area (Å²) in [4.78, 5) is 11.9. The summed E-state index contributed by atoms with van der Waals surface area (Å²) in [6.45, 7) is 4.38. The van der Waals surface area contributed by atoms with Gasteiger partial charge in [0.05, 0.1) is 5.56 Å². The molecule has 0 bridgehead atoms. The molecule has 0 saturated carbocycles. The van der Waals surface area contributed by atoms with E-state index in [2.05, 4.69) is 21.2 Å². The summed E-state index contributed by atoms with van der Waals surface area (Å²) in [5.74, 6) is -0.350. The molecule has 0 spiro atoms. The molecule has 0 atom stereocenters. The Morgan fingerprint density at radius 3 is 2.61 bits per heavy atom. The predicted molar refractivity (Wildman–Crippen MR) is 75.6 cm³/mol. The molecule has 5 heteroatoms. The monoisotopic (exact) mass is 314 g/mol. The molecular weight excluding hydrogens is 296 g/mol. The van der Waals surface area contributed by atoms with Gasteiger partial charge in [-0.05, 0) is 31.0 Å². The zero-order valence-corrected chi connectivity index (χ0v) is 12.3. The highest BCUT2D eigenvalue weighted by molar-refractivity contribution is 9.10. The number of carbonyl (C=O) groups is 1. The number of nitrogens with two attached hydrogens (primary N) is 1. The molecule has 0 aliphatic heterocycles. The molecule has 0 heterocycles. The van der Waals surface area contributed by atoms with Gasteiger partial charge in [-0.2, -0.15) is 0 Å². The Kier molecular flexibility index (Phi) is 5.16. The molecule has 100 valence electrons. The molecule has 0 unspecified atom stereocenters. The maximum atomic E-state index is 11.9. The van der Waals surface area contributed by atoms with Crippen molar-refractivity contribution in [2.45, 2.75) is 32.2 Å². The van der Waals surface area contributed by atoms with Gasteiger partial charge in [-0.25, -0.2) is 0 Å². The molecule has 0 radical (unpaired) electrons. The first-order chi connectivity index (χ1) is 8.41. The van der Waals surface area contributed by atoms with Crippen molar-refractivity contribution in [1.82, 2.24) is 5.32 Å². The lowest BCUT2D eigenvalue weighted by atomic mass is 9.94. The number of amides is 1. The highest BCUT2D eigenvalue weighted by Gasteiger charge is 2.22. The van der Waals surface area contributed by atoms with Gasteiger partial charge in [-0.1, -0.05) is 29.8 Å². The lowest BCUT2D eigenvalue weighted by molar-refractivity contribution is 0.0939. The Hall–Kier alpha value is -1.07. The molecule has 4 nitrogen and oxygen atoms in total. The molecule has 0 saturated heterocycles. The van der Waals surface area contributed by atoms with Gasteiger partial charge in [0.2, 0.25) is 0 Å². The van der Waals surface area contributed by atoms with E-state index in [4.69, 9.17) is 5.73 Å². The van der Waals surface area contributed by atoms with Crippen molar-refractivity contribution in [3.63, 3.8) is 0 Å². The van der Waals surface area contributed by atoms with E-state index in [1.165, 1.54) is 6.07 Å². The second kappa shape index (κ2) is 6.20. The first-order valence-electron chi connectivity index (χ1n) is 5.97. The van der Waals surface area contributed by atoms with Gasteiger partial charge < -0.3 is 16.2 Å². The lowest BCUT2D eigenvalue weighted by Gasteiger charge is -2.26. The van der Waals surface area contributed by atoms with Gasteiger partial charge >= 0.3 is 0 Å². The van der Waals surface area contributed by atoms with E-state index in [1.807, 2.05) is 13.8 Å². The second-order valence-corrected chi connectivity index (χ2v) is 5.33. The lowest BCUT2D eigenvalue weighted by Crippen LogP contribution is -2.49. The van der Waals surface area contributed by atoms with Crippen LogP contribution in [0.15, 0.2) is 22.7 Å². The van der Waals surface area contributed by atoms with Crippen LogP contribution in [0.5, 0.6) is 5.75 Å². The fourth-order valence-electron chi connectivity index (χ4n) is 1.54. The highest BCUT2D eigenvalue weighted by atomic mass is 79.9. The van der Waals surface area contributed by atoms with Crippen molar-refractivity contribution in [3.8, 4) is 5.75 Å². The average molecular weight is 315 g/mol. The van der Waals surface area contributed by atoms with Crippen LogP contribution in [0.4, 0.5) is 0 Å². The Morgan fingerprint density at radius 2 is 2.06 bits per heavy atom. The van der Waals surface area contributed by atoms with Crippen LogP contribution >= 0.6 is 15.9 Å². The number of aromatic hydroxyl groups is 1. The topological polar surface area (TPSA) is 75.3 Å². The Bertz CT molecular complexity index is 431. The van der Waals surface area contributed by atoms with Gasteiger partial charge in [0.15, 0.2) is 0 Å². The van der Waals surface area contributed by atoms with Gasteiger partial charge in [0, 0.05) is 16.6 Å². The van der Waals surface area contributed by atoms with E-state index in [9.17, 15) is 9.90 Å². The van der Waals surface area contributed by atoms with Crippen molar-refractivity contribution in [2.24, 2.45) is 5.73 Å². The summed E-state index contributed by atoms with van der Waals surface area (Å²) in [5.41, 5.74) is 5.96. The van der Waals surface area contributed by atoms with E-state index in [-0.39, 0.29) is 17.2 Å². The third-order valence-electron chi connectivity index (χ3n) is 3.21. The normalized spacial score (nSPS) is 11.3. The van der Waals surface area contributed by atoms with Crippen molar-refractivity contribution < 1.29 is 9.90 Å². The van der Waals surface area contributed by atoms with Crippen LogP contribution in [-0.2, 0) is 0 Å². The third kappa shape index (κ3) is 3.71. The minimum Gasteiger partial charge on any atom is -0.507 e. The van der Waals surface area contributed by atoms with Gasteiger partial charge in [0.1, 0.15) is 5.75 Å². The van der Waals surface area contributed by atoms with E-state index in [1.54, 1.807) is 12.1 Å². The number of halogens is 1. The van der Waals surface area contributed by atoms with Gasteiger partial charge in [-0.15, -0.1) is 0 Å². The molecule has 1 aromatic carbocycles. The first-order valence-corrected chi connectivity index (χ1v) is 6.76. The summed E-state index contributed by atoms with van der Waals surface area (Å²) < 4.78 is 0.746. The van der Waals surface area contributed by atoms with Crippen molar-refractivity contribution in [3.05, 3.63) is 28.2 Å². The predicted octanol–water partition coefficient (Wildman–Crippen LogP) is 2.40. The number of rotatable bonds is 5. The number of hydrogen-bond donors (Lipinski definition) is 3. The Labute approximate surface area is 116 Å². The smallest absolute Gasteiger partial charge is 0.255 e. The van der Waals surface area contributed by atoms with Crippen LogP contribution in [-0.4, -0.2) is 23.1 Å². The number of carbonyl (C=O) groups excluding carboxylic acids is 1. The standard InChI is InChI=1S/C13H19BrN2O2/c1-3-13(15,4-2)8-16-12(18)10-7-9(14)5-6-11(10)17/h5-7,17H,3-4,8,15H2,1-2H3,(H,16,18). The number of phenolic OH excluding ortho intramolecular Hbond substituents is 1. The maximum Gasteiger partial charge on any atom is 0.255 e. The minimum absolute atomic E-state index is 0.0358. The first kappa shape index (κ1) is 15.0. The number of benzene rings is 1. The summed E-state index contributed by atoms with van der Waals surface area (Å²) >= 11 is 3.27. The van der Waals surface area contributed by atoms with E-state index < -0.39 is 5.54 Å². The van der Waals surface area contributed by atoms with Crippen LogP contribution in [0.3, 0.4) is 0 Å². The molecule has 18 heavy (non-hydrogen) atoms. The molecule has 0 aromatic heterocycles. The van der Waals surface area contributed by atoms with Crippen LogP contribution < -0.4 is 11.1 Å². The number of nitrogens with one attached hydrogen (secondary N) is 1. The Morgan fingerprint density at radius 1 is 1.44 bits per heavy atom. The van der Waals surface area contributed by atoms with E-state index >= 15 is 0 Å². The molecular formula is C13H19BrN2O2. The molecule has 1 aromatic rings. The molecule has 0 aliphatic carbocycles. The zero-order chi connectivity index (χ0) is 13.8. The van der Waals surface area contributed by atoms with Crippen LogP contribution in [0.1, 0.15) is 37.0 Å². The van der Waals surface area contributed by atoms with Crippen LogP contribution in [0.25, 0.3) is 0 Å². The van der Waals surface area contributed by atoms with Gasteiger partial charge in [-0.3, -0.25) is 4.79 Å². The molecule has 1 rings (SSSR count). The number of phenols is 1. The second-order valence-electron chi connectivity index (χ2n) is 4.41. The Balaban J connectivity index is 2.74.